The smallest absolute Gasteiger partial charge is 0.238 e. The van der Waals surface area contributed by atoms with Crippen LogP contribution >= 0.6 is 0 Å². The van der Waals surface area contributed by atoms with E-state index < -0.39 is 0 Å². The summed E-state index contributed by atoms with van der Waals surface area (Å²) in [5, 5.41) is 2.66. The van der Waals surface area contributed by atoms with E-state index in [2.05, 4.69) is 5.32 Å². The molecule has 17 heavy (non-hydrogen) atoms. The maximum Gasteiger partial charge on any atom is 0.238 e. The number of likely N-dealkylation sites (tertiary alicyclic amines) is 1. The first kappa shape index (κ1) is 12.0. The molecule has 0 spiro atoms. The number of nitrogens with one attached hydrogen (secondary N) is 1. The van der Waals surface area contributed by atoms with Gasteiger partial charge in [-0.3, -0.25) is 9.69 Å². The Balaban J connectivity index is 1.85. The number of hydrogen-bond acceptors (Lipinski definition) is 3. The van der Waals surface area contributed by atoms with Crippen LogP contribution in [-0.4, -0.2) is 36.5 Å². The highest BCUT2D eigenvalue weighted by molar-refractivity contribution is 5.92. The molecule has 2 rings (SSSR count). The number of hydrogen-bond donors (Lipinski definition) is 2. The maximum absolute atomic E-state index is 12.9. The normalized spacial score (nSPS) is 20.5. The Morgan fingerprint density at radius 2 is 2.41 bits per heavy atom. The highest BCUT2D eigenvalue weighted by Crippen LogP contribution is 2.10. The Morgan fingerprint density at radius 1 is 1.59 bits per heavy atom. The number of halogens is 1. The van der Waals surface area contributed by atoms with E-state index in [4.69, 9.17) is 5.73 Å². The summed E-state index contributed by atoms with van der Waals surface area (Å²) in [5.74, 6) is -0.490. The molecule has 1 fully saturated rings. The van der Waals surface area contributed by atoms with E-state index in [1.807, 2.05) is 4.90 Å². The van der Waals surface area contributed by atoms with E-state index in [9.17, 15) is 9.18 Å². The van der Waals surface area contributed by atoms with Gasteiger partial charge in [0.25, 0.3) is 0 Å². The SMILES string of the molecule is NC1CCN(CC(=O)Nc2cccc(F)c2)C1. The van der Waals surface area contributed by atoms with Gasteiger partial charge in [-0.1, -0.05) is 6.07 Å². The maximum atomic E-state index is 12.9. The average Bonchev–Trinajstić information content (AvgIpc) is 2.63. The summed E-state index contributed by atoms with van der Waals surface area (Å²) in [6.45, 7) is 1.90. The van der Waals surface area contributed by atoms with Crippen LogP contribution in [0.3, 0.4) is 0 Å². The molecular weight excluding hydrogens is 221 g/mol. The van der Waals surface area contributed by atoms with Crippen molar-refractivity contribution in [3.8, 4) is 0 Å². The summed E-state index contributed by atoms with van der Waals surface area (Å²) >= 11 is 0. The van der Waals surface area contributed by atoms with Crippen LogP contribution in [0.4, 0.5) is 10.1 Å². The molecule has 1 aliphatic heterocycles. The van der Waals surface area contributed by atoms with Gasteiger partial charge in [0.1, 0.15) is 5.82 Å². The van der Waals surface area contributed by atoms with Crippen molar-refractivity contribution in [3.63, 3.8) is 0 Å². The number of nitrogens with zero attached hydrogens (tertiary/aromatic N) is 1. The molecule has 1 unspecified atom stereocenters. The summed E-state index contributed by atoms with van der Waals surface area (Å²) < 4.78 is 12.9. The first-order valence-electron chi connectivity index (χ1n) is 5.67. The van der Waals surface area contributed by atoms with Gasteiger partial charge < -0.3 is 11.1 Å². The van der Waals surface area contributed by atoms with Crippen LogP contribution < -0.4 is 11.1 Å². The van der Waals surface area contributed by atoms with Crippen LogP contribution in [-0.2, 0) is 4.79 Å². The van der Waals surface area contributed by atoms with Crippen molar-refractivity contribution in [2.24, 2.45) is 5.73 Å². The monoisotopic (exact) mass is 237 g/mol. The Morgan fingerprint density at radius 3 is 3.06 bits per heavy atom. The van der Waals surface area contributed by atoms with Crippen molar-refractivity contribution in [2.75, 3.05) is 25.0 Å². The first-order chi connectivity index (χ1) is 8.13. The number of amides is 1. The summed E-state index contributed by atoms with van der Waals surface area (Å²) in [6.07, 6.45) is 0.924. The Kier molecular flexibility index (Phi) is 3.71. The van der Waals surface area contributed by atoms with Gasteiger partial charge >= 0.3 is 0 Å². The van der Waals surface area contributed by atoms with Crippen LogP contribution in [0.15, 0.2) is 24.3 Å². The van der Waals surface area contributed by atoms with Crippen molar-refractivity contribution in [2.45, 2.75) is 12.5 Å². The van der Waals surface area contributed by atoms with Crippen LogP contribution in [0.5, 0.6) is 0 Å². The van der Waals surface area contributed by atoms with Crippen molar-refractivity contribution in [1.82, 2.24) is 4.90 Å². The van der Waals surface area contributed by atoms with Crippen molar-refractivity contribution < 1.29 is 9.18 Å². The van der Waals surface area contributed by atoms with E-state index in [0.29, 0.717) is 12.2 Å². The molecule has 1 atom stereocenters. The zero-order valence-electron chi connectivity index (χ0n) is 9.53. The number of carbonyl (C=O) groups excluding carboxylic acids is 1. The second-order valence-corrected chi connectivity index (χ2v) is 4.34. The average molecular weight is 237 g/mol. The van der Waals surface area contributed by atoms with E-state index >= 15 is 0 Å². The molecule has 1 heterocycles. The largest absolute Gasteiger partial charge is 0.326 e. The third-order valence-corrected chi connectivity index (χ3v) is 2.78. The fourth-order valence-corrected chi connectivity index (χ4v) is 1.98. The zero-order chi connectivity index (χ0) is 12.3. The first-order valence-corrected chi connectivity index (χ1v) is 5.67. The number of nitrogens with two attached hydrogens (primary N) is 1. The second kappa shape index (κ2) is 5.25. The quantitative estimate of drug-likeness (QED) is 0.817. The van der Waals surface area contributed by atoms with Gasteiger partial charge in [0.2, 0.25) is 5.91 Å². The third-order valence-electron chi connectivity index (χ3n) is 2.78. The van der Waals surface area contributed by atoms with Crippen molar-refractivity contribution in [1.29, 1.82) is 0 Å². The van der Waals surface area contributed by atoms with E-state index in [0.717, 1.165) is 19.5 Å². The van der Waals surface area contributed by atoms with Gasteiger partial charge in [0, 0.05) is 24.8 Å². The molecule has 4 nitrogen and oxygen atoms in total. The summed E-state index contributed by atoms with van der Waals surface area (Å²) in [7, 11) is 0. The van der Waals surface area contributed by atoms with Crippen LogP contribution in [0.2, 0.25) is 0 Å². The Labute approximate surface area is 99.6 Å². The fraction of sp³-hybridized carbons (Fsp3) is 0.417. The molecule has 0 radical (unpaired) electrons. The van der Waals surface area contributed by atoms with Gasteiger partial charge in [-0.25, -0.2) is 4.39 Å². The van der Waals surface area contributed by atoms with Crippen LogP contribution in [0, 0.1) is 5.82 Å². The van der Waals surface area contributed by atoms with E-state index in [1.165, 1.54) is 12.1 Å². The van der Waals surface area contributed by atoms with E-state index in [-0.39, 0.29) is 17.8 Å². The number of carbonyl (C=O) groups is 1. The molecule has 92 valence electrons. The number of rotatable bonds is 3. The summed E-state index contributed by atoms with van der Waals surface area (Å²) in [4.78, 5) is 13.7. The van der Waals surface area contributed by atoms with Gasteiger partial charge in [-0.05, 0) is 24.6 Å². The molecule has 0 saturated carbocycles. The lowest BCUT2D eigenvalue weighted by molar-refractivity contribution is -0.117. The van der Waals surface area contributed by atoms with E-state index in [1.54, 1.807) is 12.1 Å². The number of anilines is 1. The molecule has 0 bridgehead atoms. The molecule has 5 heteroatoms. The summed E-state index contributed by atoms with van der Waals surface area (Å²) in [6, 6.07) is 6.04. The zero-order valence-corrected chi connectivity index (χ0v) is 9.53. The topological polar surface area (TPSA) is 58.4 Å². The lowest BCUT2D eigenvalue weighted by Gasteiger charge is -2.14. The molecule has 1 saturated heterocycles. The molecular formula is C12H16FN3O. The van der Waals surface area contributed by atoms with Gasteiger partial charge in [-0.15, -0.1) is 0 Å². The predicted molar refractivity (Wildman–Crippen MR) is 64.1 cm³/mol. The lowest BCUT2D eigenvalue weighted by atomic mass is 10.3. The molecule has 1 aromatic rings. The minimum absolute atomic E-state index is 0.135. The van der Waals surface area contributed by atoms with Gasteiger partial charge in [-0.2, -0.15) is 0 Å². The molecule has 1 amide bonds. The Hall–Kier alpha value is -1.46. The van der Waals surface area contributed by atoms with Crippen LogP contribution in [0.25, 0.3) is 0 Å². The molecule has 1 aromatic carbocycles. The second-order valence-electron chi connectivity index (χ2n) is 4.34. The Bertz CT molecular complexity index is 410. The van der Waals surface area contributed by atoms with Crippen LogP contribution in [0.1, 0.15) is 6.42 Å². The number of benzene rings is 1. The molecule has 1 aliphatic rings. The highest BCUT2D eigenvalue weighted by Gasteiger charge is 2.20. The van der Waals surface area contributed by atoms with Crippen molar-refractivity contribution in [3.05, 3.63) is 30.1 Å². The summed E-state index contributed by atoms with van der Waals surface area (Å²) in [5.41, 5.74) is 6.24. The molecule has 0 aromatic heterocycles. The minimum Gasteiger partial charge on any atom is -0.326 e. The van der Waals surface area contributed by atoms with Crippen molar-refractivity contribution >= 4 is 11.6 Å². The highest BCUT2D eigenvalue weighted by atomic mass is 19.1. The standard InChI is InChI=1S/C12H16FN3O/c13-9-2-1-3-11(6-9)15-12(17)8-16-5-4-10(14)7-16/h1-3,6,10H,4-5,7-8,14H2,(H,15,17). The minimum atomic E-state index is -0.356. The lowest BCUT2D eigenvalue weighted by Crippen LogP contribution is -2.33. The molecule has 3 N–H and O–H groups in total. The van der Waals surface area contributed by atoms with Gasteiger partial charge in [0.15, 0.2) is 0 Å². The van der Waals surface area contributed by atoms with Gasteiger partial charge in [0.05, 0.1) is 6.54 Å². The third kappa shape index (κ3) is 3.51. The molecule has 0 aliphatic carbocycles. The fourth-order valence-electron chi connectivity index (χ4n) is 1.98. The predicted octanol–water partition coefficient (Wildman–Crippen LogP) is 0.797.